The summed E-state index contributed by atoms with van der Waals surface area (Å²) in [6.45, 7) is 2.35. The van der Waals surface area contributed by atoms with Gasteiger partial charge in [-0.1, -0.05) is 19.3 Å². The van der Waals surface area contributed by atoms with Gasteiger partial charge in [-0.3, -0.25) is 15.0 Å². The molecule has 4 rings (SSSR count). The lowest BCUT2D eigenvalue weighted by Gasteiger charge is -2.35. The SMILES string of the molecule is CCOC(=O)CC1(C(=O)c2ccc3c(c2)nc(COc2ccc(C(=N)N)cc2)n3C)CCCCC1. The number of Topliss-reactive ketones (excluding diaryl/α,β-unsaturated/α-hetero) is 1. The van der Waals surface area contributed by atoms with Gasteiger partial charge in [0.1, 0.15) is 24.0 Å². The van der Waals surface area contributed by atoms with Crippen LogP contribution in [0.3, 0.4) is 0 Å². The number of aromatic nitrogens is 2. The van der Waals surface area contributed by atoms with E-state index in [1.54, 1.807) is 31.2 Å². The predicted molar refractivity (Wildman–Crippen MR) is 134 cm³/mol. The second-order valence-electron chi connectivity index (χ2n) is 9.17. The smallest absolute Gasteiger partial charge is 0.306 e. The first-order valence-corrected chi connectivity index (χ1v) is 12.1. The summed E-state index contributed by atoms with van der Waals surface area (Å²) >= 11 is 0. The molecule has 0 radical (unpaired) electrons. The number of ketones is 1. The highest BCUT2D eigenvalue weighted by Gasteiger charge is 2.42. The molecular weight excluding hydrogens is 444 g/mol. The van der Waals surface area contributed by atoms with Crippen molar-refractivity contribution in [1.29, 1.82) is 5.41 Å². The average molecular weight is 477 g/mol. The Kier molecular flexibility index (Phi) is 7.19. The number of imidazole rings is 1. The highest BCUT2D eigenvalue weighted by atomic mass is 16.5. The van der Waals surface area contributed by atoms with E-state index in [1.807, 2.05) is 29.8 Å². The van der Waals surface area contributed by atoms with Crippen molar-refractivity contribution >= 4 is 28.6 Å². The third-order valence-electron chi connectivity index (χ3n) is 6.85. The van der Waals surface area contributed by atoms with Crippen molar-refractivity contribution in [3.8, 4) is 5.75 Å². The van der Waals surface area contributed by atoms with Gasteiger partial charge in [-0.25, -0.2) is 4.98 Å². The van der Waals surface area contributed by atoms with E-state index in [2.05, 4.69) is 0 Å². The molecule has 1 fully saturated rings. The summed E-state index contributed by atoms with van der Waals surface area (Å²) in [7, 11) is 1.91. The van der Waals surface area contributed by atoms with Crippen molar-refractivity contribution in [3.63, 3.8) is 0 Å². The lowest BCUT2D eigenvalue weighted by Crippen LogP contribution is -2.36. The Labute approximate surface area is 204 Å². The standard InChI is InChI=1S/C27H32N4O4/c1-3-34-24(32)16-27(13-5-4-6-14-27)25(33)19-9-12-22-21(15-19)30-23(31(22)2)17-35-20-10-7-18(8-11-20)26(28)29/h7-12,15H,3-6,13-14,16-17H2,1-2H3,(H3,28,29). The molecule has 1 saturated carbocycles. The number of esters is 1. The number of rotatable bonds is 9. The Bertz CT molecular complexity index is 1240. The van der Waals surface area contributed by atoms with Crippen molar-refractivity contribution in [2.75, 3.05) is 6.61 Å². The first kappa shape index (κ1) is 24.4. The fourth-order valence-electron chi connectivity index (χ4n) is 4.91. The third-order valence-corrected chi connectivity index (χ3v) is 6.85. The van der Waals surface area contributed by atoms with E-state index in [0.29, 0.717) is 41.8 Å². The van der Waals surface area contributed by atoms with Gasteiger partial charge in [-0.05, 0) is 62.2 Å². The minimum absolute atomic E-state index is 0.00108. The van der Waals surface area contributed by atoms with Crippen LogP contribution in [0.2, 0.25) is 0 Å². The summed E-state index contributed by atoms with van der Waals surface area (Å²) in [5, 5.41) is 7.49. The van der Waals surface area contributed by atoms with E-state index in [0.717, 1.165) is 30.6 Å². The summed E-state index contributed by atoms with van der Waals surface area (Å²) in [6.07, 6.45) is 4.48. The summed E-state index contributed by atoms with van der Waals surface area (Å²) in [6, 6.07) is 12.6. The van der Waals surface area contributed by atoms with Crippen LogP contribution >= 0.6 is 0 Å². The van der Waals surface area contributed by atoms with Gasteiger partial charge < -0.3 is 19.8 Å². The van der Waals surface area contributed by atoms with Crippen LogP contribution in [0.1, 0.15) is 67.2 Å². The molecular formula is C27H32N4O4. The zero-order valence-electron chi connectivity index (χ0n) is 20.3. The molecule has 3 aromatic rings. The average Bonchev–Trinajstić information content (AvgIpc) is 3.17. The molecule has 35 heavy (non-hydrogen) atoms. The number of fused-ring (bicyclic) bond motifs is 1. The molecule has 0 aliphatic heterocycles. The second-order valence-corrected chi connectivity index (χ2v) is 9.17. The molecule has 8 heteroatoms. The van der Waals surface area contributed by atoms with Crippen molar-refractivity contribution < 1.29 is 19.1 Å². The molecule has 0 spiro atoms. The van der Waals surface area contributed by atoms with Crippen LogP contribution in [-0.4, -0.2) is 33.7 Å². The number of benzene rings is 2. The molecule has 0 saturated heterocycles. The number of nitrogens with two attached hydrogens (primary N) is 1. The van der Waals surface area contributed by atoms with E-state index in [1.165, 1.54) is 0 Å². The van der Waals surface area contributed by atoms with Crippen LogP contribution in [0.5, 0.6) is 5.75 Å². The molecule has 0 unspecified atom stereocenters. The molecule has 8 nitrogen and oxygen atoms in total. The van der Waals surface area contributed by atoms with Crippen LogP contribution in [0, 0.1) is 10.8 Å². The summed E-state index contributed by atoms with van der Waals surface area (Å²) in [5.41, 5.74) is 7.62. The van der Waals surface area contributed by atoms with Crippen molar-refractivity contribution in [3.05, 3.63) is 59.4 Å². The number of aryl methyl sites for hydroxylation is 1. The molecule has 3 N–H and O–H groups in total. The maximum absolute atomic E-state index is 13.7. The Morgan fingerprint density at radius 3 is 2.43 bits per heavy atom. The molecule has 0 amide bonds. The number of amidine groups is 1. The second kappa shape index (κ2) is 10.3. The number of nitrogens with zero attached hydrogens (tertiary/aromatic N) is 2. The Morgan fingerprint density at radius 2 is 1.77 bits per heavy atom. The zero-order chi connectivity index (χ0) is 25.0. The topological polar surface area (TPSA) is 120 Å². The van der Waals surface area contributed by atoms with E-state index in [-0.39, 0.29) is 30.6 Å². The number of carbonyl (C=O) groups is 2. The van der Waals surface area contributed by atoms with Gasteiger partial charge in [0.2, 0.25) is 0 Å². The van der Waals surface area contributed by atoms with Crippen LogP contribution in [0.15, 0.2) is 42.5 Å². The van der Waals surface area contributed by atoms with Crippen LogP contribution in [-0.2, 0) is 23.2 Å². The van der Waals surface area contributed by atoms with Crippen LogP contribution in [0.4, 0.5) is 0 Å². The molecule has 0 bridgehead atoms. The number of carbonyl (C=O) groups excluding carboxylic acids is 2. The Balaban J connectivity index is 1.55. The van der Waals surface area contributed by atoms with Gasteiger partial charge >= 0.3 is 5.97 Å². The van der Waals surface area contributed by atoms with Gasteiger partial charge in [0.05, 0.1) is 24.1 Å². The minimum Gasteiger partial charge on any atom is -0.486 e. The number of ether oxygens (including phenoxy) is 2. The predicted octanol–water partition coefficient (Wildman–Crippen LogP) is 4.52. The van der Waals surface area contributed by atoms with Crippen LogP contribution in [0.25, 0.3) is 11.0 Å². The monoisotopic (exact) mass is 476 g/mol. The number of hydrogen-bond donors (Lipinski definition) is 2. The Hall–Kier alpha value is -3.68. The first-order chi connectivity index (χ1) is 16.8. The van der Waals surface area contributed by atoms with Crippen molar-refractivity contribution in [1.82, 2.24) is 9.55 Å². The van der Waals surface area contributed by atoms with E-state index >= 15 is 0 Å². The van der Waals surface area contributed by atoms with Crippen LogP contribution < -0.4 is 10.5 Å². The van der Waals surface area contributed by atoms with E-state index in [4.69, 9.17) is 25.6 Å². The van der Waals surface area contributed by atoms with Gasteiger partial charge in [0.15, 0.2) is 5.78 Å². The normalized spacial score (nSPS) is 15.0. The maximum Gasteiger partial charge on any atom is 0.306 e. The van der Waals surface area contributed by atoms with E-state index < -0.39 is 5.41 Å². The number of hydrogen-bond acceptors (Lipinski definition) is 6. The fraction of sp³-hybridized carbons (Fsp3) is 0.407. The molecule has 1 aliphatic rings. The molecule has 1 aromatic heterocycles. The molecule has 184 valence electrons. The third kappa shape index (κ3) is 5.21. The minimum atomic E-state index is -0.703. The van der Waals surface area contributed by atoms with Gasteiger partial charge in [0, 0.05) is 23.6 Å². The lowest BCUT2D eigenvalue weighted by atomic mass is 9.67. The number of nitrogen functional groups attached to an aromatic ring is 1. The molecule has 0 atom stereocenters. The summed E-state index contributed by atoms with van der Waals surface area (Å²) in [5.74, 6) is 1.07. The van der Waals surface area contributed by atoms with Gasteiger partial charge in [-0.2, -0.15) is 0 Å². The summed E-state index contributed by atoms with van der Waals surface area (Å²) in [4.78, 5) is 30.7. The van der Waals surface area contributed by atoms with Gasteiger partial charge in [-0.15, -0.1) is 0 Å². The first-order valence-electron chi connectivity index (χ1n) is 12.1. The van der Waals surface area contributed by atoms with Crippen molar-refractivity contribution in [2.45, 2.75) is 52.1 Å². The van der Waals surface area contributed by atoms with Crippen molar-refractivity contribution in [2.24, 2.45) is 18.2 Å². The fourth-order valence-corrected chi connectivity index (χ4v) is 4.91. The largest absolute Gasteiger partial charge is 0.486 e. The van der Waals surface area contributed by atoms with E-state index in [9.17, 15) is 9.59 Å². The summed E-state index contributed by atoms with van der Waals surface area (Å²) < 4.78 is 13.0. The highest BCUT2D eigenvalue weighted by molar-refractivity contribution is 6.04. The quantitative estimate of drug-likeness (QED) is 0.203. The molecule has 1 heterocycles. The lowest BCUT2D eigenvalue weighted by molar-refractivity contribution is -0.145. The maximum atomic E-state index is 13.7. The molecule has 1 aliphatic carbocycles. The molecule has 2 aromatic carbocycles. The van der Waals surface area contributed by atoms with Gasteiger partial charge in [0.25, 0.3) is 0 Å². The Morgan fingerprint density at radius 1 is 1.09 bits per heavy atom. The zero-order valence-corrected chi connectivity index (χ0v) is 20.3. The number of nitrogens with one attached hydrogen (secondary N) is 1. The highest BCUT2D eigenvalue weighted by Crippen LogP contribution is 2.42.